The smallest absolute Gasteiger partial charge is 0.244 e. The van der Waals surface area contributed by atoms with E-state index < -0.39 is 10.0 Å². The van der Waals surface area contributed by atoms with E-state index in [0.29, 0.717) is 11.6 Å². The summed E-state index contributed by atoms with van der Waals surface area (Å²) in [5, 5.41) is 6.37. The molecule has 0 aromatic carbocycles. The number of rotatable bonds is 4. The molecule has 2 rings (SSSR count). The molecule has 6 heteroatoms. The third-order valence-electron chi connectivity index (χ3n) is 3.07. The van der Waals surface area contributed by atoms with Gasteiger partial charge in [0.15, 0.2) is 0 Å². The molecule has 2 N–H and O–H groups in total. The lowest BCUT2D eigenvalue weighted by Crippen LogP contribution is -2.45. The Morgan fingerprint density at radius 2 is 2.12 bits per heavy atom. The van der Waals surface area contributed by atoms with Crippen LogP contribution >= 0.6 is 0 Å². The highest BCUT2D eigenvalue weighted by molar-refractivity contribution is 7.89. The molecule has 0 spiro atoms. The summed E-state index contributed by atoms with van der Waals surface area (Å²) in [5.41, 5.74) is 0.196. The van der Waals surface area contributed by atoms with Gasteiger partial charge in [-0.25, -0.2) is 13.1 Å². The third-order valence-corrected chi connectivity index (χ3v) is 4.85. The van der Waals surface area contributed by atoms with E-state index in [1.165, 1.54) is 6.20 Å². The van der Waals surface area contributed by atoms with Crippen molar-refractivity contribution >= 4 is 10.0 Å². The van der Waals surface area contributed by atoms with Crippen LogP contribution < -0.4 is 4.72 Å². The Balaban J connectivity index is 2.24. The van der Waals surface area contributed by atoms with Gasteiger partial charge in [0.05, 0.1) is 11.9 Å². The quantitative estimate of drug-likeness (QED) is 0.834. The summed E-state index contributed by atoms with van der Waals surface area (Å²) >= 11 is 0. The van der Waals surface area contributed by atoms with Gasteiger partial charge in [-0.2, -0.15) is 5.10 Å². The number of aromatic nitrogens is 2. The third kappa shape index (κ3) is 2.12. The van der Waals surface area contributed by atoms with Crippen LogP contribution in [-0.4, -0.2) is 24.2 Å². The molecule has 0 radical (unpaired) electrons. The van der Waals surface area contributed by atoms with Crippen LogP contribution in [0.25, 0.3) is 0 Å². The fourth-order valence-corrected chi connectivity index (χ4v) is 3.51. The van der Waals surface area contributed by atoms with E-state index in [1.54, 1.807) is 6.92 Å². The maximum Gasteiger partial charge on any atom is 0.244 e. The molecule has 1 aliphatic rings. The molecule has 0 saturated heterocycles. The minimum Gasteiger partial charge on any atom is -0.281 e. The summed E-state index contributed by atoms with van der Waals surface area (Å²) in [5.74, 6) is 0.453. The lowest BCUT2D eigenvalue weighted by molar-refractivity contribution is 0.400. The molecule has 5 nitrogen and oxygen atoms in total. The number of H-pyrrole nitrogens is 1. The van der Waals surface area contributed by atoms with Crippen LogP contribution in [0.15, 0.2) is 11.1 Å². The molecule has 1 aromatic rings. The molecular weight excluding hydrogens is 226 g/mol. The lowest BCUT2D eigenvalue weighted by atomic mass is 10.0. The number of aromatic amines is 1. The summed E-state index contributed by atoms with van der Waals surface area (Å²) in [6.45, 7) is 5.56. The van der Waals surface area contributed by atoms with Gasteiger partial charge in [0.1, 0.15) is 4.90 Å². The standard InChI is InChI=1S/C10H17N3O2S/c1-7-9(6-11-12-7)16(14,15)13-10(2,3)8-4-5-8/h6,8,13H,4-5H2,1-3H3,(H,11,12). The molecule has 1 saturated carbocycles. The zero-order chi connectivity index (χ0) is 12.0. The Bertz CT molecular complexity index is 486. The van der Waals surface area contributed by atoms with Gasteiger partial charge in [0.25, 0.3) is 0 Å². The van der Waals surface area contributed by atoms with Gasteiger partial charge in [0, 0.05) is 5.54 Å². The summed E-state index contributed by atoms with van der Waals surface area (Å²) < 4.78 is 26.9. The molecule has 0 amide bonds. The number of nitrogens with one attached hydrogen (secondary N) is 2. The first-order valence-electron chi connectivity index (χ1n) is 5.37. The van der Waals surface area contributed by atoms with E-state index in [-0.39, 0.29) is 10.4 Å². The van der Waals surface area contributed by atoms with E-state index in [4.69, 9.17) is 0 Å². The van der Waals surface area contributed by atoms with Gasteiger partial charge in [-0.15, -0.1) is 0 Å². The van der Waals surface area contributed by atoms with Crippen molar-refractivity contribution < 1.29 is 8.42 Å². The topological polar surface area (TPSA) is 74.8 Å². The molecular formula is C10H17N3O2S. The van der Waals surface area contributed by atoms with E-state index >= 15 is 0 Å². The van der Waals surface area contributed by atoms with Crippen LogP contribution in [0.2, 0.25) is 0 Å². The molecule has 0 unspecified atom stereocenters. The van der Waals surface area contributed by atoms with E-state index in [9.17, 15) is 8.42 Å². The van der Waals surface area contributed by atoms with Crippen molar-refractivity contribution in [2.75, 3.05) is 0 Å². The molecule has 1 fully saturated rings. The van der Waals surface area contributed by atoms with E-state index in [0.717, 1.165) is 12.8 Å². The van der Waals surface area contributed by atoms with Gasteiger partial charge < -0.3 is 0 Å². The second-order valence-corrected chi connectivity index (χ2v) is 6.61. The van der Waals surface area contributed by atoms with Crippen molar-refractivity contribution in [2.45, 2.75) is 44.0 Å². The molecule has 1 heterocycles. The highest BCUT2D eigenvalue weighted by Gasteiger charge is 2.41. The van der Waals surface area contributed by atoms with Crippen LogP contribution in [0.5, 0.6) is 0 Å². The minimum atomic E-state index is -3.45. The van der Waals surface area contributed by atoms with Crippen molar-refractivity contribution in [3.05, 3.63) is 11.9 Å². The number of sulfonamides is 1. The largest absolute Gasteiger partial charge is 0.281 e. The fraction of sp³-hybridized carbons (Fsp3) is 0.700. The number of nitrogens with zero attached hydrogens (tertiary/aromatic N) is 1. The first-order chi connectivity index (χ1) is 7.33. The maximum atomic E-state index is 12.1. The SMILES string of the molecule is Cc1[nH]ncc1S(=O)(=O)NC(C)(C)C1CC1. The Hall–Kier alpha value is -0.880. The second kappa shape index (κ2) is 3.56. The normalized spacial score (nSPS) is 17.7. The first kappa shape index (κ1) is 11.6. The summed E-state index contributed by atoms with van der Waals surface area (Å²) in [7, 11) is -3.45. The Kier molecular flexibility index (Phi) is 2.58. The Morgan fingerprint density at radius 3 is 2.56 bits per heavy atom. The zero-order valence-corrected chi connectivity index (χ0v) is 10.6. The maximum absolute atomic E-state index is 12.1. The van der Waals surface area contributed by atoms with Gasteiger partial charge >= 0.3 is 0 Å². The molecule has 0 bridgehead atoms. The van der Waals surface area contributed by atoms with Crippen molar-refractivity contribution in [3.8, 4) is 0 Å². The van der Waals surface area contributed by atoms with Crippen LogP contribution in [0, 0.1) is 12.8 Å². The summed E-state index contributed by atoms with van der Waals surface area (Å²) in [6.07, 6.45) is 3.54. The highest BCUT2D eigenvalue weighted by atomic mass is 32.2. The van der Waals surface area contributed by atoms with Crippen molar-refractivity contribution in [3.63, 3.8) is 0 Å². The molecule has 1 aliphatic carbocycles. The second-order valence-electron chi connectivity index (χ2n) is 4.96. The molecule has 0 atom stereocenters. The number of hydrogen-bond donors (Lipinski definition) is 2. The van der Waals surface area contributed by atoms with Crippen molar-refractivity contribution in [2.24, 2.45) is 5.92 Å². The van der Waals surface area contributed by atoms with Crippen molar-refractivity contribution in [1.82, 2.24) is 14.9 Å². The van der Waals surface area contributed by atoms with E-state index in [1.807, 2.05) is 13.8 Å². The average molecular weight is 243 g/mol. The molecule has 90 valence electrons. The average Bonchev–Trinajstić information content (AvgIpc) is 2.88. The van der Waals surface area contributed by atoms with Crippen LogP contribution in [0.1, 0.15) is 32.4 Å². The van der Waals surface area contributed by atoms with Gasteiger partial charge in [-0.05, 0) is 39.5 Å². The Morgan fingerprint density at radius 1 is 1.50 bits per heavy atom. The molecule has 16 heavy (non-hydrogen) atoms. The number of hydrogen-bond acceptors (Lipinski definition) is 3. The zero-order valence-electron chi connectivity index (χ0n) is 9.74. The first-order valence-corrected chi connectivity index (χ1v) is 6.85. The monoisotopic (exact) mass is 243 g/mol. The number of aryl methyl sites for hydroxylation is 1. The van der Waals surface area contributed by atoms with Crippen LogP contribution in [-0.2, 0) is 10.0 Å². The fourth-order valence-electron chi connectivity index (χ4n) is 1.90. The minimum absolute atomic E-state index is 0.237. The summed E-state index contributed by atoms with van der Waals surface area (Å²) in [6, 6.07) is 0. The van der Waals surface area contributed by atoms with E-state index in [2.05, 4.69) is 14.9 Å². The molecule has 1 aromatic heterocycles. The summed E-state index contributed by atoms with van der Waals surface area (Å²) in [4.78, 5) is 0.237. The van der Waals surface area contributed by atoms with Gasteiger partial charge in [0.2, 0.25) is 10.0 Å². The lowest BCUT2D eigenvalue weighted by Gasteiger charge is -2.25. The van der Waals surface area contributed by atoms with Crippen LogP contribution in [0.3, 0.4) is 0 Å². The predicted molar refractivity (Wildman–Crippen MR) is 60.4 cm³/mol. The predicted octanol–water partition coefficient (Wildman–Crippen LogP) is 1.19. The molecule has 0 aliphatic heterocycles. The highest BCUT2D eigenvalue weighted by Crippen LogP contribution is 2.39. The van der Waals surface area contributed by atoms with Crippen LogP contribution in [0.4, 0.5) is 0 Å². The van der Waals surface area contributed by atoms with Crippen molar-refractivity contribution in [1.29, 1.82) is 0 Å². The van der Waals surface area contributed by atoms with Gasteiger partial charge in [-0.3, -0.25) is 5.10 Å². The Labute approximate surface area is 95.7 Å². The van der Waals surface area contributed by atoms with Gasteiger partial charge in [-0.1, -0.05) is 0 Å².